The van der Waals surface area contributed by atoms with E-state index < -0.39 is 12.9 Å². The largest absolute Gasteiger partial charge is 0.488 e. The van der Waals surface area contributed by atoms with Gasteiger partial charge in [-0.15, -0.1) is 0 Å². The van der Waals surface area contributed by atoms with E-state index in [-0.39, 0.29) is 16.0 Å². The van der Waals surface area contributed by atoms with Gasteiger partial charge < -0.3 is 10.0 Å². The zero-order valence-electron chi connectivity index (χ0n) is 6.38. The maximum absolute atomic E-state index is 12.9. The fourth-order valence-corrected chi connectivity index (χ4v) is 1.15. The van der Waals surface area contributed by atoms with Gasteiger partial charge in [0.1, 0.15) is 5.82 Å². The molecule has 0 aliphatic heterocycles. The maximum atomic E-state index is 12.9. The predicted molar refractivity (Wildman–Crippen MR) is 46.0 cm³/mol. The number of benzene rings is 1. The Bertz CT molecular complexity index is 304. The van der Waals surface area contributed by atoms with Gasteiger partial charge in [0.05, 0.1) is 0 Å². The molecule has 0 atom stereocenters. The molecule has 1 aromatic carbocycles. The van der Waals surface area contributed by atoms with E-state index in [1.54, 1.807) is 0 Å². The molecule has 0 spiro atoms. The lowest BCUT2D eigenvalue weighted by Gasteiger charge is -2.05. The van der Waals surface area contributed by atoms with E-state index >= 15 is 0 Å². The summed E-state index contributed by atoms with van der Waals surface area (Å²) in [5.41, 5.74) is 0.300. The van der Waals surface area contributed by atoms with E-state index in [1.165, 1.54) is 13.0 Å². The smallest absolute Gasteiger partial charge is 0.423 e. The van der Waals surface area contributed by atoms with E-state index in [0.717, 1.165) is 6.07 Å². The monoisotopic (exact) mass is 188 g/mol. The molecule has 5 heteroatoms. The first kappa shape index (κ1) is 9.51. The van der Waals surface area contributed by atoms with Crippen molar-refractivity contribution in [1.29, 1.82) is 0 Å². The van der Waals surface area contributed by atoms with Crippen LogP contribution in [0.2, 0.25) is 5.02 Å². The van der Waals surface area contributed by atoms with Crippen LogP contribution in [0.5, 0.6) is 0 Å². The van der Waals surface area contributed by atoms with Crippen LogP contribution in [0.15, 0.2) is 12.1 Å². The van der Waals surface area contributed by atoms with Crippen molar-refractivity contribution in [3.8, 4) is 0 Å². The Morgan fingerprint density at radius 2 is 2.00 bits per heavy atom. The van der Waals surface area contributed by atoms with Crippen molar-refractivity contribution in [3.05, 3.63) is 28.5 Å². The Morgan fingerprint density at radius 1 is 1.42 bits per heavy atom. The number of hydrogen-bond acceptors (Lipinski definition) is 2. The minimum atomic E-state index is -1.68. The fourth-order valence-electron chi connectivity index (χ4n) is 0.934. The van der Waals surface area contributed by atoms with Crippen LogP contribution >= 0.6 is 11.6 Å². The SMILES string of the molecule is Cc1c(F)cc(Cl)cc1B(O)O. The van der Waals surface area contributed by atoms with Crippen LogP contribution in [-0.2, 0) is 0 Å². The predicted octanol–water partition coefficient (Wildman–Crippen LogP) is 0.467. The topological polar surface area (TPSA) is 40.5 Å². The summed E-state index contributed by atoms with van der Waals surface area (Å²) in [5.74, 6) is -0.536. The molecule has 0 saturated heterocycles. The lowest BCUT2D eigenvalue weighted by molar-refractivity contribution is 0.425. The highest BCUT2D eigenvalue weighted by Crippen LogP contribution is 2.12. The van der Waals surface area contributed by atoms with E-state index in [9.17, 15) is 4.39 Å². The average Bonchev–Trinajstić information content (AvgIpc) is 1.96. The molecular formula is C7H7BClFO2. The molecule has 0 unspecified atom stereocenters. The van der Waals surface area contributed by atoms with Crippen LogP contribution in [0.1, 0.15) is 5.56 Å². The molecule has 0 bridgehead atoms. The molecule has 1 rings (SSSR count). The third-order valence-electron chi connectivity index (χ3n) is 1.63. The minimum Gasteiger partial charge on any atom is -0.423 e. The summed E-state index contributed by atoms with van der Waals surface area (Å²) < 4.78 is 12.9. The number of rotatable bonds is 1. The van der Waals surface area contributed by atoms with Crippen molar-refractivity contribution < 1.29 is 14.4 Å². The highest BCUT2D eigenvalue weighted by Gasteiger charge is 2.16. The van der Waals surface area contributed by atoms with Crippen molar-refractivity contribution in [2.75, 3.05) is 0 Å². The van der Waals surface area contributed by atoms with Crippen molar-refractivity contribution in [2.45, 2.75) is 6.92 Å². The second-order valence-electron chi connectivity index (χ2n) is 2.48. The zero-order chi connectivity index (χ0) is 9.30. The molecule has 0 aliphatic carbocycles. The van der Waals surface area contributed by atoms with Gasteiger partial charge in [-0.05, 0) is 30.1 Å². The van der Waals surface area contributed by atoms with Crippen LogP contribution in [-0.4, -0.2) is 17.2 Å². The first-order chi connectivity index (χ1) is 5.52. The molecule has 0 heterocycles. The second kappa shape index (κ2) is 3.43. The molecule has 12 heavy (non-hydrogen) atoms. The van der Waals surface area contributed by atoms with Gasteiger partial charge in [0, 0.05) is 5.02 Å². The van der Waals surface area contributed by atoms with Gasteiger partial charge in [-0.2, -0.15) is 0 Å². The normalized spacial score (nSPS) is 10.1. The second-order valence-corrected chi connectivity index (χ2v) is 2.91. The molecule has 2 N–H and O–H groups in total. The van der Waals surface area contributed by atoms with Gasteiger partial charge in [-0.25, -0.2) is 4.39 Å². The molecule has 0 aromatic heterocycles. The lowest BCUT2D eigenvalue weighted by Crippen LogP contribution is -2.32. The van der Waals surface area contributed by atoms with Crippen molar-refractivity contribution in [2.24, 2.45) is 0 Å². The Balaban J connectivity index is 3.28. The Morgan fingerprint density at radius 3 is 2.50 bits per heavy atom. The molecule has 0 aliphatic rings. The summed E-state index contributed by atoms with van der Waals surface area (Å²) in [7, 11) is -1.68. The first-order valence-corrected chi connectivity index (χ1v) is 3.72. The molecule has 0 amide bonds. The Kier molecular flexibility index (Phi) is 2.72. The fraction of sp³-hybridized carbons (Fsp3) is 0.143. The third-order valence-corrected chi connectivity index (χ3v) is 1.85. The zero-order valence-corrected chi connectivity index (χ0v) is 7.14. The molecule has 1 aromatic rings. The first-order valence-electron chi connectivity index (χ1n) is 3.34. The summed E-state index contributed by atoms with van der Waals surface area (Å²) >= 11 is 5.50. The highest BCUT2D eigenvalue weighted by molar-refractivity contribution is 6.59. The number of halogens is 2. The summed E-state index contributed by atoms with van der Waals surface area (Å²) in [4.78, 5) is 0. The van der Waals surface area contributed by atoms with Crippen LogP contribution in [0.4, 0.5) is 4.39 Å². The van der Waals surface area contributed by atoms with E-state index in [4.69, 9.17) is 21.6 Å². The maximum Gasteiger partial charge on any atom is 0.488 e. The molecule has 64 valence electrons. The standard InChI is InChI=1S/C7H7BClFO2/c1-4-6(8(11)12)2-5(9)3-7(4)10/h2-3,11-12H,1H3. The molecule has 0 radical (unpaired) electrons. The van der Waals surface area contributed by atoms with E-state index in [0.29, 0.717) is 0 Å². The van der Waals surface area contributed by atoms with Gasteiger partial charge >= 0.3 is 7.12 Å². The third kappa shape index (κ3) is 1.77. The summed E-state index contributed by atoms with van der Waals surface area (Å²) in [6, 6.07) is 2.45. The van der Waals surface area contributed by atoms with Crippen LogP contribution in [0, 0.1) is 12.7 Å². The summed E-state index contributed by atoms with van der Waals surface area (Å²) in [6.07, 6.45) is 0. The van der Waals surface area contributed by atoms with Gasteiger partial charge in [-0.1, -0.05) is 11.6 Å². The van der Waals surface area contributed by atoms with Gasteiger partial charge in [0.2, 0.25) is 0 Å². The highest BCUT2D eigenvalue weighted by atomic mass is 35.5. The molecule has 0 saturated carbocycles. The van der Waals surface area contributed by atoms with Gasteiger partial charge in [-0.3, -0.25) is 0 Å². The van der Waals surface area contributed by atoms with Crippen LogP contribution in [0.25, 0.3) is 0 Å². The van der Waals surface area contributed by atoms with Crippen molar-refractivity contribution in [1.82, 2.24) is 0 Å². The van der Waals surface area contributed by atoms with Gasteiger partial charge in [0.25, 0.3) is 0 Å². The molecule has 0 fully saturated rings. The molecule has 2 nitrogen and oxygen atoms in total. The van der Waals surface area contributed by atoms with E-state index in [1.807, 2.05) is 0 Å². The van der Waals surface area contributed by atoms with Crippen molar-refractivity contribution in [3.63, 3.8) is 0 Å². The van der Waals surface area contributed by atoms with E-state index in [2.05, 4.69) is 0 Å². The minimum absolute atomic E-state index is 0.0972. The molecular weight excluding hydrogens is 181 g/mol. The summed E-state index contributed by atoms with van der Waals surface area (Å²) in [5, 5.41) is 17.7. The van der Waals surface area contributed by atoms with Crippen LogP contribution in [0.3, 0.4) is 0 Å². The quantitative estimate of drug-likeness (QED) is 0.629. The van der Waals surface area contributed by atoms with Crippen molar-refractivity contribution >= 4 is 24.2 Å². The Hall–Kier alpha value is -0.575. The Labute approximate surface area is 74.7 Å². The average molecular weight is 188 g/mol. The van der Waals surface area contributed by atoms with Gasteiger partial charge in [0.15, 0.2) is 0 Å². The van der Waals surface area contributed by atoms with Crippen LogP contribution < -0.4 is 5.46 Å². The number of hydrogen-bond donors (Lipinski definition) is 2. The summed E-state index contributed by atoms with van der Waals surface area (Å²) in [6.45, 7) is 1.46. The lowest BCUT2D eigenvalue weighted by atomic mass is 9.77.